The molecule has 0 aromatic heterocycles. The number of nitrogens with zero attached hydrogens (tertiary/aromatic N) is 2. The standard InChI is InChI=1S/C16H14Cl2N2O4/c1-19(9-11-4-2-7-14(17)16(11)18)15(21)10-24-13-6-3-5-12(8-13)20(22)23/h2-8H,9-10H2,1H3. The van der Waals surface area contributed by atoms with Crippen molar-refractivity contribution < 1.29 is 14.5 Å². The topological polar surface area (TPSA) is 72.7 Å². The molecule has 0 spiro atoms. The third-order valence-corrected chi connectivity index (χ3v) is 4.11. The molecule has 0 fully saturated rings. The van der Waals surface area contributed by atoms with Gasteiger partial charge in [0.05, 0.1) is 21.0 Å². The zero-order chi connectivity index (χ0) is 17.7. The Balaban J connectivity index is 1.96. The average Bonchev–Trinajstić information content (AvgIpc) is 2.57. The van der Waals surface area contributed by atoms with Crippen LogP contribution >= 0.6 is 23.2 Å². The van der Waals surface area contributed by atoms with Crippen LogP contribution in [-0.2, 0) is 11.3 Å². The fourth-order valence-electron chi connectivity index (χ4n) is 1.96. The van der Waals surface area contributed by atoms with Gasteiger partial charge in [-0.1, -0.05) is 41.4 Å². The molecule has 0 aliphatic heterocycles. The fraction of sp³-hybridized carbons (Fsp3) is 0.188. The summed E-state index contributed by atoms with van der Waals surface area (Å²) < 4.78 is 5.32. The van der Waals surface area contributed by atoms with Crippen molar-refractivity contribution in [2.45, 2.75) is 6.54 Å². The molecule has 2 aromatic rings. The van der Waals surface area contributed by atoms with Crippen LogP contribution in [0.5, 0.6) is 5.75 Å². The first-order valence-corrected chi connectivity index (χ1v) is 7.68. The Morgan fingerprint density at radius 1 is 1.25 bits per heavy atom. The number of halogens is 2. The first-order valence-electron chi connectivity index (χ1n) is 6.92. The molecule has 0 saturated carbocycles. The Morgan fingerprint density at radius 2 is 1.96 bits per heavy atom. The molecule has 24 heavy (non-hydrogen) atoms. The van der Waals surface area contributed by atoms with Gasteiger partial charge in [0.25, 0.3) is 11.6 Å². The van der Waals surface area contributed by atoms with Crippen LogP contribution in [-0.4, -0.2) is 29.4 Å². The van der Waals surface area contributed by atoms with Gasteiger partial charge in [-0.05, 0) is 17.7 Å². The molecule has 0 N–H and O–H groups in total. The summed E-state index contributed by atoms with van der Waals surface area (Å²) in [7, 11) is 1.61. The third-order valence-electron chi connectivity index (χ3n) is 3.26. The first-order chi connectivity index (χ1) is 11.4. The second kappa shape index (κ2) is 7.99. The van der Waals surface area contributed by atoms with Crippen molar-refractivity contribution >= 4 is 34.8 Å². The summed E-state index contributed by atoms with van der Waals surface area (Å²) in [6.07, 6.45) is 0. The van der Waals surface area contributed by atoms with Gasteiger partial charge in [0, 0.05) is 19.7 Å². The molecule has 2 aromatic carbocycles. The number of nitro benzene ring substituents is 1. The van der Waals surface area contributed by atoms with Crippen LogP contribution in [0.1, 0.15) is 5.56 Å². The number of carbonyl (C=O) groups excluding carboxylic acids is 1. The van der Waals surface area contributed by atoms with Gasteiger partial charge < -0.3 is 9.64 Å². The highest BCUT2D eigenvalue weighted by atomic mass is 35.5. The second-order valence-electron chi connectivity index (χ2n) is 5.01. The van der Waals surface area contributed by atoms with E-state index in [0.29, 0.717) is 10.0 Å². The van der Waals surface area contributed by atoms with E-state index in [1.165, 1.54) is 23.1 Å². The van der Waals surface area contributed by atoms with E-state index in [0.717, 1.165) is 5.56 Å². The normalized spacial score (nSPS) is 10.3. The number of hydrogen-bond donors (Lipinski definition) is 0. The van der Waals surface area contributed by atoms with Crippen molar-refractivity contribution in [2.75, 3.05) is 13.7 Å². The van der Waals surface area contributed by atoms with Gasteiger partial charge >= 0.3 is 0 Å². The second-order valence-corrected chi connectivity index (χ2v) is 5.79. The highest BCUT2D eigenvalue weighted by molar-refractivity contribution is 6.42. The zero-order valence-electron chi connectivity index (χ0n) is 12.7. The summed E-state index contributed by atoms with van der Waals surface area (Å²) in [4.78, 5) is 23.8. The molecule has 6 nitrogen and oxygen atoms in total. The molecule has 126 valence electrons. The summed E-state index contributed by atoms with van der Waals surface area (Å²) in [6.45, 7) is 0.0341. The molecule has 0 aliphatic rings. The number of benzene rings is 2. The van der Waals surface area contributed by atoms with Gasteiger partial charge in [-0.25, -0.2) is 0 Å². The Labute approximate surface area is 148 Å². The SMILES string of the molecule is CN(Cc1cccc(Cl)c1Cl)C(=O)COc1cccc([N+](=O)[O-])c1. The molecule has 0 heterocycles. The number of carbonyl (C=O) groups is 1. The van der Waals surface area contributed by atoms with E-state index in [9.17, 15) is 14.9 Å². The average molecular weight is 369 g/mol. The van der Waals surface area contributed by atoms with Crippen molar-refractivity contribution in [1.82, 2.24) is 4.90 Å². The minimum Gasteiger partial charge on any atom is -0.484 e. The summed E-state index contributed by atoms with van der Waals surface area (Å²) in [5.74, 6) is -0.0377. The largest absolute Gasteiger partial charge is 0.484 e. The molecule has 1 amide bonds. The lowest BCUT2D eigenvalue weighted by Gasteiger charge is -2.18. The first kappa shape index (κ1) is 18.0. The van der Waals surface area contributed by atoms with Crippen molar-refractivity contribution in [2.24, 2.45) is 0 Å². The molecule has 2 rings (SSSR count). The van der Waals surface area contributed by atoms with Gasteiger partial charge in [0.2, 0.25) is 0 Å². The Kier molecular flexibility index (Phi) is 6.00. The van der Waals surface area contributed by atoms with Gasteiger partial charge in [-0.2, -0.15) is 0 Å². The molecule has 8 heteroatoms. The summed E-state index contributed by atoms with van der Waals surface area (Å²) in [6, 6.07) is 10.9. The predicted octanol–water partition coefficient (Wildman–Crippen LogP) is 3.94. The third kappa shape index (κ3) is 4.59. The molecular formula is C16H14Cl2N2O4. The van der Waals surface area contributed by atoms with Crippen LogP contribution in [0, 0.1) is 10.1 Å². The Bertz CT molecular complexity index is 767. The number of ether oxygens (including phenoxy) is 1. The quantitative estimate of drug-likeness (QED) is 0.571. The van der Waals surface area contributed by atoms with Crippen molar-refractivity contribution in [3.63, 3.8) is 0 Å². The van der Waals surface area contributed by atoms with Gasteiger partial charge in [0.15, 0.2) is 6.61 Å². The Morgan fingerprint density at radius 3 is 2.67 bits per heavy atom. The molecule has 0 radical (unpaired) electrons. The molecule has 0 aliphatic carbocycles. The highest BCUT2D eigenvalue weighted by Gasteiger charge is 2.14. The monoisotopic (exact) mass is 368 g/mol. The van der Waals surface area contributed by atoms with Gasteiger partial charge in [0.1, 0.15) is 5.75 Å². The van der Waals surface area contributed by atoms with Crippen LogP contribution in [0.3, 0.4) is 0 Å². The number of nitro groups is 1. The molecule has 0 saturated heterocycles. The van der Waals surface area contributed by atoms with Gasteiger partial charge in [-0.3, -0.25) is 14.9 Å². The van der Waals surface area contributed by atoms with Crippen LogP contribution in [0.2, 0.25) is 10.0 Å². The summed E-state index contributed by atoms with van der Waals surface area (Å²) in [5.41, 5.74) is 0.620. The van der Waals surface area contributed by atoms with Crippen molar-refractivity contribution in [1.29, 1.82) is 0 Å². The van der Waals surface area contributed by atoms with Crippen molar-refractivity contribution in [3.8, 4) is 5.75 Å². The van der Waals surface area contributed by atoms with Crippen LogP contribution in [0.4, 0.5) is 5.69 Å². The van der Waals surface area contributed by atoms with E-state index < -0.39 is 4.92 Å². The number of likely N-dealkylation sites (N-methyl/N-ethyl adjacent to an activating group) is 1. The van der Waals surface area contributed by atoms with Crippen LogP contribution in [0.15, 0.2) is 42.5 Å². The number of amides is 1. The van der Waals surface area contributed by atoms with E-state index >= 15 is 0 Å². The predicted molar refractivity (Wildman–Crippen MR) is 91.5 cm³/mol. The van der Waals surface area contributed by atoms with Crippen LogP contribution < -0.4 is 4.74 Å². The van der Waals surface area contributed by atoms with E-state index in [1.807, 2.05) is 0 Å². The molecule has 0 bridgehead atoms. The maximum Gasteiger partial charge on any atom is 0.273 e. The lowest BCUT2D eigenvalue weighted by atomic mass is 10.2. The number of non-ortho nitro benzene ring substituents is 1. The maximum absolute atomic E-state index is 12.1. The lowest BCUT2D eigenvalue weighted by Crippen LogP contribution is -2.31. The van der Waals surface area contributed by atoms with E-state index in [-0.39, 0.29) is 30.5 Å². The molecular weight excluding hydrogens is 355 g/mol. The zero-order valence-corrected chi connectivity index (χ0v) is 14.3. The van der Waals surface area contributed by atoms with Crippen molar-refractivity contribution in [3.05, 3.63) is 68.2 Å². The van der Waals surface area contributed by atoms with Crippen LogP contribution in [0.25, 0.3) is 0 Å². The van der Waals surface area contributed by atoms with E-state index in [1.54, 1.807) is 31.3 Å². The number of hydrogen-bond acceptors (Lipinski definition) is 4. The molecule has 0 atom stereocenters. The molecule has 0 unspecified atom stereocenters. The fourth-order valence-corrected chi connectivity index (χ4v) is 2.34. The smallest absolute Gasteiger partial charge is 0.273 e. The summed E-state index contributed by atoms with van der Waals surface area (Å²) in [5, 5.41) is 11.5. The number of rotatable bonds is 6. The van der Waals surface area contributed by atoms with E-state index in [2.05, 4.69) is 0 Å². The Hall–Kier alpha value is -2.31. The van der Waals surface area contributed by atoms with E-state index in [4.69, 9.17) is 27.9 Å². The lowest BCUT2D eigenvalue weighted by molar-refractivity contribution is -0.384. The minimum atomic E-state index is -0.526. The maximum atomic E-state index is 12.1. The summed E-state index contributed by atoms with van der Waals surface area (Å²) >= 11 is 12.0. The highest BCUT2D eigenvalue weighted by Crippen LogP contribution is 2.26. The van der Waals surface area contributed by atoms with Gasteiger partial charge in [-0.15, -0.1) is 0 Å². The minimum absolute atomic E-state index is 0.0981.